The van der Waals surface area contributed by atoms with Crippen LogP contribution in [0.2, 0.25) is 0 Å². The van der Waals surface area contributed by atoms with Crippen LogP contribution < -0.4 is 4.74 Å². The minimum absolute atomic E-state index is 0.0173. The number of halogens is 3. The quantitative estimate of drug-likeness (QED) is 0.385. The molecule has 0 spiro atoms. The van der Waals surface area contributed by atoms with Gasteiger partial charge < -0.3 is 9.15 Å². The first-order valence-electron chi connectivity index (χ1n) is 7.18. The van der Waals surface area contributed by atoms with Gasteiger partial charge in [-0.3, -0.25) is 4.79 Å². The molecule has 0 aliphatic carbocycles. The smallest absolute Gasteiger partial charge is 0.416 e. The van der Waals surface area contributed by atoms with Crippen molar-refractivity contribution in [3.63, 3.8) is 0 Å². The molecule has 3 aromatic rings. The second kappa shape index (κ2) is 6.08. The van der Waals surface area contributed by atoms with Crippen molar-refractivity contribution >= 4 is 22.7 Å². The van der Waals surface area contributed by atoms with Gasteiger partial charge in [0, 0.05) is 0 Å². The molecule has 128 valence electrons. The van der Waals surface area contributed by atoms with Crippen molar-refractivity contribution in [1.82, 2.24) is 0 Å². The molecule has 2 aromatic carbocycles. The molecule has 0 amide bonds. The van der Waals surface area contributed by atoms with Crippen molar-refractivity contribution in [3.05, 3.63) is 65.4 Å². The molecular weight excluding hydrogens is 337 g/mol. The fourth-order valence-corrected chi connectivity index (χ4v) is 2.35. The zero-order valence-corrected chi connectivity index (χ0v) is 12.9. The monoisotopic (exact) mass is 348 g/mol. The normalized spacial score (nSPS) is 11.5. The molecular formula is C18H11F3O4. The number of fused-ring (bicyclic) bond motifs is 1. The summed E-state index contributed by atoms with van der Waals surface area (Å²) in [6.45, 7) is 1.32. The molecule has 0 aliphatic heterocycles. The fourth-order valence-electron chi connectivity index (χ4n) is 2.35. The summed E-state index contributed by atoms with van der Waals surface area (Å²) in [5, 5.41) is 0.424. The van der Waals surface area contributed by atoms with Gasteiger partial charge >= 0.3 is 12.1 Å². The van der Waals surface area contributed by atoms with Crippen molar-refractivity contribution in [2.75, 3.05) is 0 Å². The Kier molecular flexibility index (Phi) is 4.08. The number of ether oxygens (including phenoxy) is 1. The van der Waals surface area contributed by atoms with Gasteiger partial charge in [-0.1, -0.05) is 0 Å². The standard InChI is InChI=1S/C18H11F3O4/c1-10(22)13-6-7-15-14(8-9-24-15)16(13)25-17(23)11-2-4-12(5-3-11)18(19,20)21/h2-9H,1H3. The lowest BCUT2D eigenvalue weighted by Gasteiger charge is -2.10. The Hall–Kier alpha value is -3.09. The molecule has 0 aliphatic rings. The molecule has 0 bridgehead atoms. The Morgan fingerprint density at radius 3 is 2.28 bits per heavy atom. The average molecular weight is 348 g/mol. The summed E-state index contributed by atoms with van der Waals surface area (Å²) < 4.78 is 48.2. The predicted octanol–water partition coefficient (Wildman–Crippen LogP) is 4.87. The van der Waals surface area contributed by atoms with E-state index in [9.17, 15) is 22.8 Å². The number of esters is 1. The number of alkyl halides is 3. The average Bonchev–Trinajstić information content (AvgIpc) is 3.03. The van der Waals surface area contributed by atoms with E-state index in [2.05, 4.69) is 0 Å². The van der Waals surface area contributed by atoms with Gasteiger partial charge in [0.2, 0.25) is 0 Å². The van der Waals surface area contributed by atoms with E-state index in [4.69, 9.17) is 9.15 Å². The topological polar surface area (TPSA) is 56.5 Å². The lowest BCUT2D eigenvalue weighted by molar-refractivity contribution is -0.137. The Balaban J connectivity index is 1.95. The van der Waals surface area contributed by atoms with E-state index in [-0.39, 0.29) is 22.7 Å². The van der Waals surface area contributed by atoms with E-state index >= 15 is 0 Å². The Morgan fingerprint density at radius 2 is 1.68 bits per heavy atom. The third-order valence-corrected chi connectivity index (χ3v) is 3.61. The van der Waals surface area contributed by atoms with E-state index in [1.165, 1.54) is 25.3 Å². The van der Waals surface area contributed by atoms with Gasteiger partial charge in [0.25, 0.3) is 0 Å². The Labute approximate surface area is 139 Å². The maximum Gasteiger partial charge on any atom is 0.416 e. The molecule has 25 heavy (non-hydrogen) atoms. The summed E-state index contributed by atoms with van der Waals surface area (Å²) in [5.41, 5.74) is -0.345. The zero-order chi connectivity index (χ0) is 18.2. The number of ketones is 1. The van der Waals surface area contributed by atoms with Crippen LogP contribution in [0.5, 0.6) is 5.75 Å². The Morgan fingerprint density at radius 1 is 1.00 bits per heavy atom. The number of carbonyl (C=O) groups is 2. The summed E-state index contributed by atoms with van der Waals surface area (Å²) in [5.74, 6) is -1.17. The highest BCUT2D eigenvalue weighted by Crippen LogP contribution is 2.32. The lowest BCUT2D eigenvalue weighted by Crippen LogP contribution is -2.12. The zero-order valence-electron chi connectivity index (χ0n) is 12.9. The number of hydrogen-bond acceptors (Lipinski definition) is 4. The summed E-state index contributed by atoms with van der Waals surface area (Å²) >= 11 is 0. The van der Waals surface area contributed by atoms with Gasteiger partial charge in [-0.05, 0) is 49.4 Å². The van der Waals surface area contributed by atoms with Crippen molar-refractivity contribution in [2.45, 2.75) is 13.1 Å². The van der Waals surface area contributed by atoms with Crippen LogP contribution in [0.1, 0.15) is 33.2 Å². The van der Waals surface area contributed by atoms with Crippen LogP contribution in [0, 0.1) is 0 Å². The molecule has 7 heteroatoms. The number of rotatable bonds is 3. The molecule has 4 nitrogen and oxygen atoms in total. The van der Waals surface area contributed by atoms with Crippen molar-refractivity contribution < 1.29 is 31.9 Å². The first-order chi connectivity index (χ1) is 11.8. The highest BCUT2D eigenvalue weighted by Gasteiger charge is 2.30. The number of Topliss-reactive ketones (excluding diaryl/α,β-unsaturated/α-hetero) is 1. The maximum absolute atomic E-state index is 12.6. The van der Waals surface area contributed by atoms with Crippen LogP contribution in [0.25, 0.3) is 11.0 Å². The van der Waals surface area contributed by atoms with Crippen LogP contribution in [-0.4, -0.2) is 11.8 Å². The fraction of sp³-hybridized carbons (Fsp3) is 0.111. The molecule has 0 saturated carbocycles. The van der Waals surface area contributed by atoms with Gasteiger partial charge in [0.1, 0.15) is 5.58 Å². The van der Waals surface area contributed by atoms with Crippen molar-refractivity contribution in [3.8, 4) is 5.75 Å². The van der Waals surface area contributed by atoms with Gasteiger partial charge in [-0.15, -0.1) is 0 Å². The lowest BCUT2D eigenvalue weighted by atomic mass is 10.1. The summed E-state index contributed by atoms with van der Waals surface area (Å²) in [4.78, 5) is 24.0. The molecule has 0 fully saturated rings. The van der Waals surface area contributed by atoms with E-state index in [1.807, 2.05) is 0 Å². The highest BCUT2D eigenvalue weighted by molar-refractivity contribution is 6.05. The molecule has 3 rings (SSSR count). The SMILES string of the molecule is CC(=O)c1ccc2occc2c1OC(=O)c1ccc(C(F)(F)F)cc1. The van der Waals surface area contributed by atoms with E-state index in [0.717, 1.165) is 24.3 Å². The number of carbonyl (C=O) groups excluding carboxylic acids is 2. The summed E-state index contributed by atoms with van der Waals surface area (Å²) in [6.07, 6.45) is -3.11. The number of furan rings is 1. The highest BCUT2D eigenvalue weighted by atomic mass is 19.4. The molecule has 0 saturated heterocycles. The van der Waals surface area contributed by atoms with Gasteiger partial charge in [-0.25, -0.2) is 4.79 Å². The van der Waals surface area contributed by atoms with Crippen molar-refractivity contribution in [1.29, 1.82) is 0 Å². The largest absolute Gasteiger partial charge is 0.464 e. The van der Waals surface area contributed by atoms with Gasteiger partial charge in [0.05, 0.1) is 28.3 Å². The third kappa shape index (κ3) is 3.26. The van der Waals surface area contributed by atoms with Crippen molar-refractivity contribution in [2.24, 2.45) is 0 Å². The maximum atomic E-state index is 12.6. The Bertz CT molecular complexity index is 953. The van der Waals surface area contributed by atoms with Crippen LogP contribution >= 0.6 is 0 Å². The van der Waals surface area contributed by atoms with E-state index < -0.39 is 17.7 Å². The predicted molar refractivity (Wildman–Crippen MR) is 82.6 cm³/mol. The third-order valence-electron chi connectivity index (χ3n) is 3.61. The first-order valence-corrected chi connectivity index (χ1v) is 7.18. The van der Waals surface area contributed by atoms with Gasteiger partial charge in [-0.2, -0.15) is 13.2 Å². The second-order valence-corrected chi connectivity index (χ2v) is 5.30. The molecule has 0 N–H and O–H groups in total. The van der Waals surface area contributed by atoms with Gasteiger partial charge in [0.15, 0.2) is 11.5 Å². The molecule has 1 heterocycles. The van der Waals surface area contributed by atoms with Crippen LogP contribution in [0.15, 0.2) is 53.1 Å². The van der Waals surface area contributed by atoms with Crippen LogP contribution in [-0.2, 0) is 6.18 Å². The molecule has 1 aromatic heterocycles. The minimum Gasteiger partial charge on any atom is -0.464 e. The molecule has 0 radical (unpaired) electrons. The second-order valence-electron chi connectivity index (χ2n) is 5.30. The molecule has 0 unspecified atom stereocenters. The van der Waals surface area contributed by atoms with E-state index in [1.54, 1.807) is 6.07 Å². The van der Waals surface area contributed by atoms with E-state index in [0.29, 0.717) is 11.0 Å². The summed E-state index contributed by atoms with van der Waals surface area (Å²) in [7, 11) is 0. The van der Waals surface area contributed by atoms with Crippen LogP contribution in [0.3, 0.4) is 0 Å². The summed E-state index contributed by atoms with van der Waals surface area (Å²) in [6, 6.07) is 8.20. The number of benzene rings is 2. The number of hydrogen-bond donors (Lipinski definition) is 0. The first kappa shape index (κ1) is 16.8. The van der Waals surface area contributed by atoms with Crippen LogP contribution in [0.4, 0.5) is 13.2 Å². The molecule has 0 atom stereocenters. The minimum atomic E-state index is -4.49.